The van der Waals surface area contributed by atoms with Gasteiger partial charge in [0.25, 0.3) is 10.0 Å². The van der Waals surface area contributed by atoms with E-state index in [1.807, 2.05) is 4.90 Å². The number of sulfonamides is 1. The molecule has 24 heavy (non-hydrogen) atoms. The van der Waals surface area contributed by atoms with Crippen LogP contribution in [0.4, 0.5) is 0 Å². The van der Waals surface area contributed by atoms with Gasteiger partial charge in [-0.25, -0.2) is 8.42 Å². The van der Waals surface area contributed by atoms with E-state index >= 15 is 0 Å². The third-order valence-electron chi connectivity index (χ3n) is 5.04. The van der Waals surface area contributed by atoms with Crippen LogP contribution in [0.3, 0.4) is 0 Å². The van der Waals surface area contributed by atoms with E-state index in [1.165, 1.54) is 4.31 Å². The van der Waals surface area contributed by atoms with E-state index in [4.69, 9.17) is 11.6 Å². The Balaban J connectivity index is 1.58. The highest BCUT2D eigenvalue weighted by Gasteiger charge is 2.35. The minimum absolute atomic E-state index is 0.0446. The van der Waals surface area contributed by atoms with Crippen molar-refractivity contribution in [1.82, 2.24) is 9.21 Å². The van der Waals surface area contributed by atoms with E-state index < -0.39 is 10.0 Å². The molecule has 2 saturated heterocycles. The largest absolute Gasteiger partial charge is 0.342 e. The van der Waals surface area contributed by atoms with Crippen molar-refractivity contribution in [3.63, 3.8) is 0 Å². The number of carbonyl (C=O) groups excluding carboxylic acids is 1. The van der Waals surface area contributed by atoms with Crippen molar-refractivity contribution in [2.45, 2.75) is 36.8 Å². The summed E-state index contributed by atoms with van der Waals surface area (Å²) in [5.41, 5.74) is 0. The summed E-state index contributed by atoms with van der Waals surface area (Å²) in [6, 6.07) is 3.15. The molecule has 8 heteroatoms. The zero-order valence-electron chi connectivity index (χ0n) is 13.8. The van der Waals surface area contributed by atoms with Gasteiger partial charge in [0.05, 0.1) is 4.34 Å². The fourth-order valence-corrected chi connectivity index (χ4v) is 6.50. The maximum Gasteiger partial charge on any atom is 0.252 e. The minimum atomic E-state index is -3.48. The van der Waals surface area contributed by atoms with E-state index in [1.54, 1.807) is 12.1 Å². The van der Waals surface area contributed by atoms with Crippen LogP contribution in [0, 0.1) is 11.8 Å². The summed E-state index contributed by atoms with van der Waals surface area (Å²) < 4.78 is 27.4. The van der Waals surface area contributed by atoms with E-state index in [2.05, 4.69) is 6.92 Å². The summed E-state index contributed by atoms with van der Waals surface area (Å²) in [6.07, 6.45) is 3.34. The molecule has 3 heterocycles. The van der Waals surface area contributed by atoms with E-state index in [0.717, 1.165) is 37.3 Å². The maximum atomic E-state index is 12.6. The minimum Gasteiger partial charge on any atom is -0.342 e. The number of piperidine rings is 2. The van der Waals surface area contributed by atoms with E-state index in [-0.39, 0.29) is 16.0 Å². The van der Waals surface area contributed by atoms with Gasteiger partial charge in [-0.1, -0.05) is 18.5 Å². The zero-order valence-corrected chi connectivity index (χ0v) is 16.2. The van der Waals surface area contributed by atoms with Gasteiger partial charge in [-0.15, -0.1) is 11.3 Å². The van der Waals surface area contributed by atoms with Crippen molar-refractivity contribution in [3.8, 4) is 0 Å². The molecule has 1 aromatic heterocycles. The third-order valence-corrected chi connectivity index (χ3v) is 8.64. The first-order chi connectivity index (χ1) is 11.4. The average Bonchev–Trinajstić information content (AvgIpc) is 3.02. The van der Waals surface area contributed by atoms with Gasteiger partial charge in [-0.3, -0.25) is 4.79 Å². The summed E-state index contributed by atoms with van der Waals surface area (Å²) in [5.74, 6) is 0.855. The number of thiophene rings is 1. The Bertz CT molecular complexity index is 688. The SMILES string of the molecule is CC1CCN(C(=O)C2CCN(S(=O)(=O)c3ccc(Cl)s3)CC2)CC1. The first-order valence-electron chi connectivity index (χ1n) is 8.42. The molecule has 5 nitrogen and oxygen atoms in total. The molecule has 2 fully saturated rings. The fraction of sp³-hybridized carbons (Fsp3) is 0.688. The van der Waals surface area contributed by atoms with Gasteiger partial charge in [0.15, 0.2) is 0 Å². The smallest absolute Gasteiger partial charge is 0.252 e. The number of likely N-dealkylation sites (tertiary alicyclic amines) is 1. The number of nitrogens with zero attached hydrogens (tertiary/aromatic N) is 2. The predicted molar refractivity (Wildman–Crippen MR) is 95.8 cm³/mol. The topological polar surface area (TPSA) is 57.7 Å². The van der Waals surface area contributed by atoms with E-state index in [9.17, 15) is 13.2 Å². The molecule has 0 aliphatic carbocycles. The number of halogens is 1. The summed E-state index contributed by atoms with van der Waals surface area (Å²) in [6.45, 7) is 4.71. The first kappa shape index (κ1) is 18.2. The highest BCUT2D eigenvalue weighted by molar-refractivity contribution is 7.91. The molecule has 0 saturated carbocycles. The van der Waals surface area contributed by atoms with Gasteiger partial charge in [-0.05, 0) is 43.7 Å². The Morgan fingerprint density at radius 2 is 1.75 bits per heavy atom. The predicted octanol–water partition coefficient (Wildman–Crippen LogP) is 3.06. The second kappa shape index (κ2) is 7.32. The van der Waals surface area contributed by atoms with Crippen molar-refractivity contribution in [3.05, 3.63) is 16.5 Å². The van der Waals surface area contributed by atoms with Gasteiger partial charge in [-0.2, -0.15) is 4.31 Å². The van der Waals surface area contributed by atoms with Crippen molar-refractivity contribution in [1.29, 1.82) is 0 Å². The first-order valence-corrected chi connectivity index (χ1v) is 11.1. The second-order valence-corrected chi connectivity index (χ2v) is 10.6. The average molecular weight is 391 g/mol. The fourth-order valence-electron chi connectivity index (χ4n) is 3.39. The van der Waals surface area contributed by atoms with Crippen LogP contribution >= 0.6 is 22.9 Å². The lowest BCUT2D eigenvalue weighted by molar-refractivity contribution is -0.138. The molecule has 0 spiro atoms. The molecule has 0 aromatic carbocycles. The van der Waals surface area contributed by atoms with Crippen LogP contribution in [-0.4, -0.2) is 49.7 Å². The highest BCUT2D eigenvalue weighted by atomic mass is 35.5. The summed E-state index contributed by atoms with van der Waals surface area (Å²) in [4.78, 5) is 14.6. The summed E-state index contributed by atoms with van der Waals surface area (Å²) in [5, 5.41) is 0. The Labute approximate surface area is 152 Å². The van der Waals surface area contributed by atoms with Crippen LogP contribution in [-0.2, 0) is 14.8 Å². The molecule has 1 aromatic rings. The Morgan fingerprint density at radius 1 is 1.12 bits per heavy atom. The second-order valence-electron chi connectivity index (χ2n) is 6.74. The van der Waals surface area contributed by atoms with Gasteiger partial charge >= 0.3 is 0 Å². The van der Waals surface area contributed by atoms with Crippen molar-refractivity contribution >= 4 is 38.9 Å². The van der Waals surface area contributed by atoms with E-state index in [0.29, 0.717) is 36.2 Å². The third kappa shape index (κ3) is 3.79. The molecule has 2 aliphatic rings. The van der Waals surface area contributed by atoms with Crippen LogP contribution in [0.5, 0.6) is 0 Å². The van der Waals surface area contributed by atoms with Crippen LogP contribution in [0.2, 0.25) is 4.34 Å². The maximum absolute atomic E-state index is 12.6. The quantitative estimate of drug-likeness (QED) is 0.796. The standard InChI is InChI=1S/C16H23ClN2O3S2/c1-12-4-8-18(9-5-12)16(20)13-6-10-19(11-7-13)24(21,22)15-3-2-14(17)23-15/h2-3,12-13H,4-11H2,1H3. The number of rotatable bonds is 3. The molecule has 2 aliphatic heterocycles. The molecule has 134 valence electrons. The number of hydrogen-bond acceptors (Lipinski definition) is 4. The summed E-state index contributed by atoms with van der Waals surface area (Å²) in [7, 11) is -3.48. The normalized spacial score (nSPS) is 22.0. The Kier molecular flexibility index (Phi) is 5.54. The number of amides is 1. The van der Waals surface area contributed by atoms with Crippen LogP contribution < -0.4 is 0 Å². The van der Waals surface area contributed by atoms with Crippen molar-refractivity contribution < 1.29 is 13.2 Å². The Morgan fingerprint density at radius 3 is 2.29 bits per heavy atom. The van der Waals surface area contributed by atoms with Gasteiger partial charge < -0.3 is 4.90 Å². The lowest BCUT2D eigenvalue weighted by Gasteiger charge is -2.36. The molecule has 0 bridgehead atoms. The molecular weight excluding hydrogens is 368 g/mol. The lowest BCUT2D eigenvalue weighted by Crippen LogP contribution is -2.46. The number of carbonyl (C=O) groups is 1. The molecule has 0 atom stereocenters. The van der Waals surface area contributed by atoms with Gasteiger partial charge in [0.1, 0.15) is 4.21 Å². The highest BCUT2D eigenvalue weighted by Crippen LogP contribution is 2.31. The van der Waals surface area contributed by atoms with Crippen LogP contribution in [0.25, 0.3) is 0 Å². The molecule has 1 amide bonds. The summed E-state index contributed by atoms with van der Waals surface area (Å²) >= 11 is 6.93. The Hall–Kier alpha value is -0.630. The molecule has 0 unspecified atom stereocenters. The molecule has 0 radical (unpaired) electrons. The lowest BCUT2D eigenvalue weighted by atomic mass is 9.93. The van der Waals surface area contributed by atoms with Gasteiger partial charge in [0.2, 0.25) is 5.91 Å². The zero-order chi connectivity index (χ0) is 17.3. The molecule has 0 N–H and O–H groups in total. The monoisotopic (exact) mass is 390 g/mol. The number of hydrogen-bond donors (Lipinski definition) is 0. The molecular formula is C16H23ClN2O3S2. The van der Waals surface area contributed by atoms with Crippen molar-refractivity contribution in [2.75, 3.05) is 26.2 Å². The van der Waals surface area contributed by atoms with Crippen LogP contribution in [0.1, 0.15) is 32.6 Å². The molecule has 3 rings (SSSR count). The van der Waals surface area contributed by atoms with Gasteiger partial charge in [0, 0.05) is 32.1 Å². The van der Waals surface area contributed by atoms with Crippen LogP contribution in [0.15, 0.2) is 16.3 Å². The van der Waals surface area contributed by atoms with Crippen molar-refractivity contribution in [2.24, 2.45) is 11.8 Å².